The van der Waals surface area contributed by atoms with Gasteiger partial charge in [-0.15, -0.1) is 0 Å². The summed E-state index contributed by atoms with van der Waals surface area (Å²) in [7, 11) is 0. The molecule has 0 amide bonds. The molecule has 2 heteroatoms. The summed E-state index contributed by atoms with van der Waals surface area (Å²) >= 11 is 0. The van der Waals surface area contributed by atoms with Gasteiger partial charge in [0.1, 0.15) is 0 Å². The van der Waals surface area contributed by atoms with E-state index in [4.69, 9.17) is 0 Å². The van der Waals surface area contributed by atoms with Crippen molar-refractivity contribution in [2.24, 2.45) is 11.8 Å². The second-order valence-electron chi connectivity index (χ2n) is 6.13. The quantitative estimate of drug-likeness (QED) is 0.713. The molecule has 0 aliphatic heterocycles. The summed E-state index contributed by atoms with van der Waals surface area (Å²) in [5.41, 5.74) is 0. The lowest BCUT2D eigenvalue weighted by atomic mass is 9.78. The van der Waals surface area contributed by atoms with E-state index in [1.807, 2.05) is 0 Å². The molecule has 1 N–H and O–H groups in total. The summed E-state index contributed by atoms with van der Waals surface area (Å²) in [6.45, 7) is 14.3. The van der Waals surface area contributed by atoms with Crippen LogP contribution in [0.25, 0.3) is 0 Å². The van der Waals surface area contributed by atoms with Crippen LogP contribution in [0.1, 0.15) is 59.8 Å². The van der Waals surface area contributed by atoms with Gasteiger partial charge >= 0.3 is 0 Å². The fraction of sp³-hybridized carbons (Fsp3) is 1.00. The van der Waals surface area contributed by atoms with Gasteiger partial charge in [0.25, 0.3) is 0 Å². The van der Waals surface area contributed by atoms with Gasteiger partial charge in [-0.3, -0.25) is 0 Å². The molecule has 0 bridgehead atoms. The molecule has 0 heterocycles. The molecule has 18 heavy (non-hydrogen) atoms. The molecular formula is C16H34N2. The van der Waals surface area contributed by atoms with Crippen molar-refractivity contribution in [3.05, 3.63) is 0 Å². The SMILES string of the molecule is CCCNC1CCC(C)CC1CN(CC)CCC. The molecular weight excluding hydrogens is 220 g/mol. The van der Waals surface area contributed by atoms with E-state index in [1.165, 1.54) is 58.3 Å². The van der Waals surface area contributed by atoms with Crippen molar-refractivity contribution in [3.63, 3.8) is 0 Å². The van der Waals surface area contributed by atoms with Crippen molar-refractivity contribution in [1.82, 2.24) is 10.2 Å². The highest BCUT2D eigenvalue weighted by Gasteiger charge is 2.29. The maximum absolute atomic E-state index is 3.79. The normalized spacial score (nSPS) is 28.8. The van der Waals surface area contributed by atoms with Gasteiger partial charge in [-0.05, 0) is 63.6 Å². The summed E-state index contributed by atoms with van der Waals surface area (Å²) in [5.74, 6) is 1.79. The zero-order chi connectivity index (χ0) is 13.4. The maximum atomic E-state index is 3.79. The molecule has 3 atom stereocenters. The minimum atomic E-state index is 0.770. The molecule has 1 aliphatic rings. The van der Waals surface area contributed by atoms with E-state index in [0.29, 0.717) is 0 Å². The molecule has 0 spiro atoms. The minimum absolute atomic E-state index is 0.770. The smallest absolute Gasteiger partial charge is 0.0108 e. The van der Waals surface area contributed by atoms with E-state index < -0.39 is 0 Å². The van der Waals surface area contributed by atoms with Crippen LogP contribution >= 0.6 is 0 Å². The van der Waals surface area contributed by atoms with Crippen LogP contribution in [0.3, 0.4) is 0 Å². The first-order valence-corrected chi connectivity index (χ1v) is 8.16. The number of rotatable bonds is 8. The molecule has 108 valence electrons. The van der Waals surface area contributed by atoms with E-state index in [2.05, 4.69) is 37.9 Å². The van der Waals surface area contributed by atoms with Gasteiger partial charge in [-0.1, -0.05) is 27.7 Å². The monoisotopic (exact) mass is 254 g/mol. The Kier molecular flexibility index (Phi) is 7.92. The lowest BCUT2D eigenvalue weighted by molar-refractivity contribution is 0.148. The van der Waals surface area contributed by atoms with Crippen LogP contribution in [0.2, 0.25) is 0 Å². The number of hydrogen-bond donors (Lipinski definition) is 1. The summed E-state index contributed by atoms with van der Waals surface area (Å²) in [6, 6.07) is 0.770. The zero-order valence-electron chi connectivity index (χ0n) is 13.0. The second-order valence-corrected chi connectivity index (χ2v) is 6.13. The molecule has 0 aromatic rings. The molecule has 1 fully saturated rings. The van der Waals surface area contributed by atoms with Gasteiger partial charge < -0.3 is 10.2 Å². The number of nitrogens with zero attached hydrogens (tertiary/aromatic N) is 1. The fourth-order valence-electron chi connectivity index (χ4n) is 3.33. The molecule has 0 saturated heterocycles. The second kappa shape index (κ2) is 8.92. The van der Waals surface area contributed by atoms with Crippen molar-refractivity contribution < 1.29 is 0 Å². The fourth-order valence-corrected chi connectivity index (χ4v) is 3.33. The Bertz CT molecular complexity index is 203. The Morgan fingerprint density at radius 3 is 2.50 bits per heavy atom. The third-order valence-electron chi connectivity index (χ3n) is 4.38. The number of nitrogens with one attached hydrogen (secondary N) is 1. The van der Waals surface area contributed by atoms with Gasteiger partial charge in [-0.25, -0.2) is 0 Å². The number of hydrogen-bond acceptors (Lipinski definition) is 2. The lowest BCUT2D eigenvalue weighted by Gasteiger charge is -2.38. The third kappa shape index (κ3) is 5.27. The Balaban J connectivity index is 2.49. The predicted octanol–water partition coefficient (Wildman–Crippen LogP) is 3.52. The van der Waals surface area contributed by atoms with Gasteiger partial charge in [0, 0.05) is 12.6 Å². The maximum Gasteiger partial charge on any atom is 0.0108 e. The Morgan fingerprint density at radius 1 is 1.11 bits per heavy atom. The van der Waals surface area contributed by atoms with E-state index in [0.717, 1.165) is 17.9 Å². The van der Waals surface area contributed by atoms with Crippen LogP contribution in [-0.4, -0.2) is 37.1 Å². The van der Waals surface area contributed by atoms with Crippen molar-refractivity contribution in [3.8, 4) is 0 Å². The van der Waals surface area contributed by atoms with Crippen LogP contribution in [0, 0.1) is 11.8 Å². The first kappa shape index (κ1) is 16.0. The average molecular weight is 254 g/mol. The van der Waals surface area contributed by atoms with Crippen molar-refractivity contribution >= 4 is 0 Å². The van der Waals surface area contributed by atoms with E-state index in [9.17, 15) is 0 Å². The van der Waals surface area contributed by atoms with Gasteiger partial charge in [0.2, 0.25) is 0 Å². The first-order valence-electron chi connectivity index (χ1n) is 8.16. The molecule has 1 saturated carbocycles. The van der Waals surface area contributed by atoms with Crippen LogP contribution in [0.4, 0.5) is 0 Å². The van der Waals surface area contributed by atoms with Crippen molar-refractivity contribution in [2.75, 3.05) is 26.2 Å². The van der Waals surface area contributed by atoms with E-state index >= 15 is 0 Å². The average Bonchev–Trinajstić information content (AvgIpc) is 2.37. The van der Waals surface area contributed by atoms with Crippen LogP contribution in [0.5, 0.6) is 0 Å². The Hall–Kier alpha value is -0.0800. The van der Waals surface area contributed by atoms with Crippen molar-refractivity contribution in [1.29, 1.82) is 0 Å². The third-order valence-corrected chi connectivity index (χ3v) is 4.38. The lowest BCUT2D eigenvalue weighted by Crippen LogP contribution is -2.46. The van der Waals surface area contributed by atoms with Crippen LogP contribution in [-0.2, 0) is 0 Å². The molecule has 3 unspecified atom stereocenters. The van der Waals surface area contributed by atoms with E-state index in [-0.39, 0.29) is 0 Å². The summed E-state index contributed by atoms with van der Waals surface area (Å²) in [6.07, 6.45) is 6.75. The highest BCUT2D eigenvalue weighted by atomic mass is 15.1. The molecule has 2 nitrogen and oxygen atoms in total. The predicted molar refractivity (Wildman–Crippen MR) is 81.0 cm³/mol. The highest BCUT2D eigenvalue weighted by Crippen LogP contribution is 2.29. The minimum Gasteiger partial charge on any atom is -0.314 e. The standard InChI is InChI=1S/C16H34N2/c1-5-10-17-16-9-8-14(4)12-15(16)13-18(7-3)11-6-2/h14-17H,5-13H2,1-4H3. The summed E-state index contributed by atoms with van der Waals surface area (Å²) < 4.78 is 0. The summed E-state index contributed by atoms with van der Waals surface area (Å²) in [4.78, 5) is 2.64. The Labute approximate surface area is 115 Å². The largest absolute Gasteiger partial charge is 0.314 e. The van der Waals surface area contributed by atoms with Gasteiger partial charge in [0.15, 0.2) is 0 Å². The Morgan fingerprint density at radius 2 is 1.89 bits per heavy atom. The first-order chi connectivity index (χ1) is 8.71. The molecule has 0 radical (unpaired) electrons. The highest BCUT2D eigenvalue weighted by molar-refractivity contribution is 4.85. The van der Waals surface area contributed by atoms with Crippen LogP contribution < -0.4 is 5.32 Å². The van der Waals surface area contributed by atoms with Crippen LogP contribution in [0.15, 0.2) is 0 Å². The topological polar surface area (TPSA) is 15.3 Å². The summed E-state index contributed by atoms with van der Waals surface area (Å²) in [5, 5.41) is 3.79. The van der Waals surface area contributed by atoms with Gasteiger partial charge in [-0.2, -0.15) is 0 Å². The zero-order valence-corrected chi connectivity index (χ0v) is 13.0. The molecule has 1 aliphatic carbocycles. The van der Waals surface area contributed by atoms with Crippen molar-refractivity contribution in [2.45, 2.75) is 65.8 Å². The molecule has 0 aromatic heterocycles. The molecule has 1 rings (SSSR count). The van der Waals surface area contributed by atoms with Gasteiger partial charge in [0.05, 0.1) is 0 Å². The molecule has 0 aromatic carbocycles. The van der Waals surface area contributed by atoms with E-state index in [1.54, 1.807) is 0 Å².